The molecule has 5 heteroatoms. The Bertz CT molecular complexity index is 248. The van der Waals surface area contributed by atoms with Crippen LogP contribution in [0, 0.1) is 0 Å². The van der Waals surface area contributed by atoms with E-state index in [1.165, 1.54) is 0 Å². The van der Waals surface area contributed by atoms with Gasteiger partial charge < -0.3 is 15.5 Å². The third-order valence-corrected chi connectivity index (χ3v) is 4.56. The quantitative estimate of drug-likeness (QED) is 0.534. The van der Waals surface area contributed by atoms with Crippen LogP contribution in [0.3, 0.4) is 0 Å². The Balaban J connectivity index is 4.01. The maximum Gasteiger partial charge on any atom is 0.323 e. The predicted octanol–water partition coefficient (Wildman–Crippen LogP) is 2.11. The summed E-state index contributed by atoms with van der Waals surface area (Å²) in [5.74, 6) is 0.0902. The summed E-state index contributed by atoms with van der Waals surface area (Å²) >= 11 is 1.69. The molecule has 0 amide bonds. The average Bonchev–Trinajstić information content (AvgIpc) is 2.31. The summed E-state index contributed by atoms with van der Waals surface area (Å²) in [7, 11) is 0. The molecule has 0 saturated carbocycles. The monoisotopic (exact) mass is 277 g/mol. The minimum atomic E-state index is -0.829. The second kappa shape index (κ2) is 8.77. The highest BCUT2D eigenvalue weighted by atomic mass is 32.2. The van der Waals surface area contributed by atoms with Crippen LogP contribution in [-0.4, -0.2) is 45.4 Å². The van der Waals surface area contributed by atoms with Crippen LogP contribution >= 0.6 is 11.8 Å². The molecule has 0 radical (unpaired) electrons. The zero-order valence-corrected chi connectivity index (χ0v) is 12.7. The van der Waals surface area contributed by atoms with Crippen molar-refractivity contribution in [2.24, 2.45) is 0 Å². The van der Waals surface area contributed by atoms with Gasteiger partial charge in [-0.15, -0.1) is 0 Å². The standard InChI is InChI=1S/C13H27NO3S/c1-5-8-14-13(4,12(16)17)7-6-9-18-11(3)10(2)15/h10-11,14-15H,5-9H2,1-4H3,(H,16,17). The molecule has 18 heavy (non-hydrogen) atoms. The van der Waals surface area contributed by atoms with Gasteiger partial charge in [0.05, 0.1) is 6.10 Å². The number of hydrogen-bond donors (Lipinski definition) is 3. The Kier molecular flexibility index (Phi) is 8.65. The molecule has 108 valence electrons. The first-order valence-corrected chi connectivity index (χ1v) is 7.66. The smallest absolute Gasteiger partial charge is 0.323 e. The molecule has 0 rings (SSSR count). The van der Waals surface area contributed by atoms with Gasteiger partial charge in [0, 0.05) is 5.25 Å². The molecule has 0 aromatic carbocycles. The number of carboxylic acids is 1. The first-order valence-electron chi connectivity index (χ1n) is 6.61. The van der Waals surface area contributed by atoms with E-state index in [0.717, 1.165) is 25.1 Å². The highest BCUT2D eigenvalue weighted by Crippen LogP contribution is 2.19. The van der Waals surface area contributed by atoms with Crippen molar-refractivity contribution in [3.05, 3.63) is 0 Å². The number of aliphatic hydroxyl groups excluding tert-OH is 1. The molecular weight excluding hydrogens is 250 g/mol. The minimum Gasteiger partial charge on any atom is -0.480 e. The van der Waals surface area contributed by atoms with Gasteiger partial charge in [-0.25, -0.2) is 0 Å². The van der Waals surface area contributed by atoms with Crippen LogP contribution in [0.2, 0.25) is 0 Å². The Hall–Kier alpha value is -0.260. The number of hydrogen-bond acceptors (Lipinski definition) is 4. The lowest BCUT2D eigenvalue weighted by molar-refractivity contribution is -0.144. The van der Waals surface area contributed by atoms with Crippen LogP contribution in [0.1, 0.15) is 47.0 Å². The van der Waals surface area contributed by atoms with Crippen LogP contribution in [0.5, 0.6) is 0 Å². The highest BCUT2D eigenvalue weighted by molar-refractivity contribution is 7.99. The van der Waals surface area contributed by atoms with Gasteiger partial charge in [-0.05, 0) is 45.4 Å². The van der Waals surface area contributed by atoms with Gasteiger partial charge in [0.1, 0.15) is 5.54 Å². The van der Waals surface area contributed by atoms with Gasteiger partial charge in [0.25, 0.3) is 0 Å². The van der Waals surface area contributed by atoms with Crippen molar-refractivity contribution in [2.45, 2.75) is 63.9 Å². The summed E-state index contributed by atoms with van der Waals surface area (Å²) in [6.45, 7) is 8.26. The van der Waals surface area contributed by atoms with Crippen LogP contribution in [0.4, 0.5) is 0 Å². The van der Waals surface area contributed by atoms with Crippen molar-refractivity contribution in [2.75, 3.05) is 12.3 Å². The number of aliphatic carboxylic acids is 1. The maximum atomic E-state index is 11.3. The maximum absolute atomic E-state index is 11.3. The van der Waals surface area contributed by atoms with Crippen molar-refractivity contribution in [1.29, 1.82) is 0 Å². The highest BCUT2D eigenvalue weighted by Gasteiger charge is 2.31. The van der Waals surface area contributed by atoms with Gasteiger partial charge in [-0.1, -0.05) is 13.8 Å². The Morgan fingerprint density at radius 3 is 2.50 bits per heavy atom. The molecular formula is C13H27NO3S. The molecule has 4 nitrogen and oxygen atoms in total. The number of rotatable bonds is 10. The lowest BCUT2D eigenvalue weighted by Crippen LogP contribution is -2.49. The lowest BCUT2D eigenvalue weighted by Gasteiger charge is -2.26. The summed E-state index contributed by atoms with van der Waals surface area (Å²) in [5.41, 5.74) is -0.829. The summed E-state index contributed by atoms with van der Waals surface area (Å²) in [6, 6.07) is 0. The topological polar surface area (TPSA) is 69.6 Å². The SMILES string of the molecule is CCCNC(C)(CCCSC(C)C(C)O)C(=O)O. The van der Waals surface area contributed by atoms with Gasteiger partial charge in [0.15, 0.2) is 0 Å². The van der Waals surface area contributed by atoms with Gasteiger partial charge in [-0.2, -0.15) is 11.8 Å². The van der Waals surface area contributed by atoms with Crippen molar-refractivity contribution >= 4 is 17.7 Å². The van der Waals surface area contributed by atoms with Crippen molar-refractivity contribution in [3.8, 4) is 0 Å². The zero-order valence-electron chi connectivity index (χ0n) is 11.9. The van der Waals surface area contributed by atoms with E-state index in [9.17, 15) is 15.0 Å². The summed E-state index contributed by atoms with van der Waals surface area (Å²) in [4.78, 5) is 11.3. The van der Waals surface area contributed by atoms with Crippen molar-refractivity contribution in [3.63, 3.8) is 0 Å². The molecule has 0 aromatic heterocycles. The molecule has 0 spiro atoms. The Labute approximate surface area is 115 Å². The predicted molar refractivity (Wildman–Crippen MR) is 77.2 cm³/mol. The average molecular weight is 277 g/mol. The van der Waals surface area contributed by atoms with E-state index in [1.54, 1.807) is 25.6 Å². The fourth-order valence-electron chi connectivity index (χ4n) is 1.51. The Morgan fingerprint density at radius 2 is 2.06 bits per heavy atom. The molecule has 0 aliphatic carbocycles. The third kappa shape index (κ3) is 6.61. The van der Waals surface area contributed by atoms with Crippen LogP contribution in [-0.2, 0) is 4.79 Å². The minimum absolute atomic E-state index is 0.199. The third-order valence-electron chi connectivity index (χ3n) is 3.12. The van der Waals surface area contributed by atoms with E-state index in [-0.39, 0.29) is 11.4 Å². The first kappa shape index (κ1) is 17.7. The molecule has 0 aliphatic rings. The zero-order chi connectivity index (χ0) is 14.2. The summed E-state index contributed by atoms with van der Waals surface area (Å²) < 4.78 is 0. The van der Waals surface area contributed by atoms with E-state index in [1.807, 2.05) is 13.8 Å². The van der Waals surface area contributed by atoms with Crippen molar-refractivity contribution < 1.29 is 15.0 Å². The molecule has 0 aromatic rings. The summed E-state index contributed by atoms with van der Waals surface area (Å²) in [5, 5.41) is 21.9. The number of carbonyl (C=O) groups is 1. The van der Waals surface area contributed by atoms with Gasteiger partial charge in [-0.3, -0.25) is 4.79 Å². The summed E-state index contributed by atoms with van der Waals surface area (Å²) in [6.07, 6.45) is 2.05. The normalized spacial score (nSPS) is 18.1. The second-order valence-electron chi connectivity index (χ2n) is 4.98. The van der Waals surface area contributed by atoms with Crippen molar-refractivity contribution in [1.82, 2.24) is 5.32 Å². The molecule has 3 unspecified atom stereocenters. The molecule has 0 aliphatic heterocycles. The number of nitrogens with one attached hydrogen (secondary N) is 1. The molecule has 3 N–H and O–H groups in total. The number of aliphatic hydroxyl groups is 1. The van der Waals surface area contributed by atoms with Crippen LogP contribution < -0.4 is 5.32 Å². The van der Waals surface area contributed by atoms with Crippen LogP contribution in [0.15, 0.2) is 0 Å². The molecule has 0 fully saturated rings. The largest absolute Gasteiger partial charge is 0.480 e. The lowest BCUT2D eigenvalue weighted by atomic mass is 9.96. The Morgan fingerprint density at radius 1 is 1.44 bits per heavy atom. The van der Waals surface area contributed by atoms with E-state index in [0.29, 0.717) is 6.42 Å². The fraction of sp³-hybridized carbons (Fsp3) is 0.923. The van der Waals surface area contributed by atoms with E-state index >= 15 is 0 Å². The number of carboxylic acid groups (broad SMARTS) is 1. The first-order chi connectivity index (χ1) is 8.33. The van der Waals surface area contributed by atoms with E-state index < -0.39 is 11.5 Å². The van der Waals surface area contributed by atoms with Gasteiger partial charge >= 0.3 is 5.97 Å². The fourth-order valence-corrected chi connectivity index (χ4v) is 2.47. The molecule has 0 saturated heterocycles. The van der Waals surface area contributed by atoms with E-state index in [4.69, 9.17) is 0 Å². The van der Waals surface area contributed by atoms with Gasteiger partial charge in [0.2, 0.25) is 0 Å². The molecule has 0 bridgehead atoms. The van der Waals surface area contributed by atoms with Crippen LogP contribution in [0.25, 0.3) is 0 Å². The van der Waals surface area contributed by atoms with E-state index in [2.05, 4.69) is 5.32 Å². The molecule has 3 atom stereocenters. The number of thioether (sulfide) groups is 1. The second-order valence-corrected chi connectivity index (χ2v) is 6.47. The molecule has 0 heterocycles.